The Kier molecular flexibility index (Phi) is 3.45. The maximum absolute atomic E-state index is 5.70. The van der Waals surface area contributed by atoms with Crippen LogP contribution in [0.2, 0.25) is 0 Å². The van der Waals surface area contributed by atoms with Crippen molar-refractivity contribution >= 4 is 11.5 Å². The Hall–Kier alpha value is -1.58. The van der Waals surface area contributed by atoms with Gasteiger partial charge < -0.3 is 10.7 Å². The zero-order chi connectivity index (χ0) is 10.6. The number of hydrogen-bond donors (Lipinski definition) is 2. The number of H-pyrrole nitrogens is 1. The maximum atomic E-state index is 5.70. The molecule has 1 aromatic rings. The third kappa shape index (κ3) is 2.22. The number of aromatic nitrogens is 2. The van der Waals surface area contributed by atoms with Gasteiger partial charge in [-0.2, -0.15) is 0 Å². The van der Waals surface area contributed by atoms with E-state index in [1.54, 1.807) is 12.4 Å². The van der Waals surface area contributed by atoms with Crippen molar-refractivity contribution in [3.63, 3.8) is 0 Å². The van der Waals surface area contributed by atoms with Crippen LogP contribution >= 0.6 is 0 Å². The van der Waals surface area contributed by atoms with Crippen molar-refractivity contribution < 1.29 is 0 Å². The first-order valence-electron chi connectivity index (χ1n) is 4.61. The fourth-order valence-electron chi connectivity index (χ4n) is 1.22. The maximum Gasteiger partial charge on any atom is 0.150 e. The quantitative estimate of drug-likeness (QED) is 0.562. The molecule has 0 atom stereocenters. The Morgan fingerprint density at radius 3 is 2.93 bits per heavy atom. The molecule has 1 heterocycles. The number of hydrogen-bond acceptors (Lipinski definition) is 3. The molecule has 0 radical (unpaired) electrons. The monoisotopic (exact) mass is 192 g/mol. The Bertz CT molecular complexity index is 336. The molecule has 0 amide bonds. The average Bonchev–Trinajstić information content (AvgIpc) is 2.52. The summed E-state index contributed by atoms with van der Waals surface area (Å²) >= 11 is 0. The lowest BCUT2D eigenvalue weighted by molar-refractivity contribution is 0.873. The van der Waals surface area contributed by atoms with Crippen LogP contribution in [0.3, 0.4) is 0 Å². The molecular formula is C10H16N4. The summed E-state index contributed by atoms with van der Waals surface area (Å²) in [4.78, 5) is 11.3. The summed E-state index contributed by atoms with van der Waals surface area (Å²) in [5.41, 5.74) is 7.47. The highest BCUT2D eigenvalue weighted by atomic mass is 15.0. The minimum atomic E-state index is 0.317. The highest BCUT2D eigenvalue weighted by molar-refractivity contribution is 6.03. The summed E-state index contributed by atoms with van der Waals surface area (Å²) < 4.78 is 0. The highest BCUT2D eigenvalue weighted by Crippen LogP contribution is 2.12. The van der Waals surface area contributed by atoms with Gasteiger partial charge in [-0.05, 0) is 5.92 Å². The number of nitrogens with zero attached hydrogens (tertiary/aromatic N) is 2. The van der Waals surface area contributed by atoms with E-state index in [0.717, 1.165) is 11.4 Å². The molecule has 0 fully saturated rings. The van der Waals surface area contributed by atoms with E-state index in [-0.39, 0.29) is 0 Å². The Balaban J connectivity index is 3.00. The number of nitrogen functional groups attached to an aromatic ring is 1. The van der Waals surface area contributed by atoms with E-state index in [4.69, 9.17) is 5.73 Å². The molecule has 76 valence electrons. The normalized spacial score (nSPS) is 12.1. The second-order valence-corrected chi connectivity index (χ2v) is 3.33. The number of anilines is 1. The number of aliphatic imine (C=N–C) groups is 1. The van der Waals surface area contributed by atoms with Gasteiger partial charge in [0.15, 0.2) is 5.82 Å². The lowest BCUT2D eigenvalue weighted by Crippen LogP contribution is -2.12. The fourth-order valence-corrected chi connectivity index (χ4v) is 1.22. The van der Waals surface area contributed by atoms with Gasteiger partial charge in [-0.1, -0.05) is 19.9 Å². The molecule has 3 N–H and O–H groups in total. The second kappa shape index (κ2) is 4.60. The van der Waals surface area contributed by atoms with Gasteiger partial charge in [0.25, 0.3) is 0 Å². The molecule has 0 saturated heterocycles. The van der Waals surface area contributed by atoms with Crippen LogP contribution in [0.15, 0.2) is 24.0 Å². The molecule has 4 heteroatoms. The standard InChI is InChI=1S/C10H16N4/c1-4-5-12-8(7(2)3)9-10(11)14-6-13-9/h4,6-7H,1,5,11H2,2-3H3,(H,13,14). The molecule has 1 aromatic heterocycles. The molecule has 1 rings (SSSR count). The third-order valence-corrected chi connectivity index (χ3v) is 1.86. The summed E-state index contributed by atoms with van der Waals surface area (Å²) in [6.45, 7) is 8.38. The summed E-state index contributed by atoms with van der Waals surface area (Å²) in [5.74, 6) is 0.819. The average molecular weight is 192 g/mol. The minimum Gasteiger partial charge on any atom is -0.382 e. The predicted molar refractivity (Wildman–Crippen MR) is 59.4 cm³/mol. The van der Waals surface area contributed by atoms with Crippen molar-refractivity contribution in [2.45, 2.75) is 13.8 Å². The SMILES string of the molecule is C=CCN=C(c1[nH]cnc1N)C(C)C. The summed E-state index contributed by atoms with van der Waals surface area (Å²) in [7, 11) is 0. The van der Waals surface area contributed by atoms with E-state index in [1.165, 1.54) is 0 Å². The Morgan fingerprint density at radius 2 is 2.50 bits per heavy atom. The van der Waals surface area contributed by atoms with Crippen LogP contribution in [0.5, 0.6) is 0 Å². The smallest absolute Gasteiger partial charge is 0.150 e. The largest absolute Gasteiger partial charge is 0.382 e. The van der Waals surface area contributed by atoms with Crippen molar-refractivity contribution in [1.29, 1.82) is 0 Å². The van der Waals surface area contributed by atoms with E-state index in [0.29, 0.717) is 18.3 Å². The van der Waals surface area contributed by atoms with Crippen LogP contribution in [-0.2, 0) is 0 Å². The van der Waals surface area contributed by atoms with Crippen LogP contribution in [-0.4, -0.2) is 22.2 Å². The molecule has 0 spiro atoms. The molecule has 0 saturated carbocycles. The second-order valence-electron chi connectivity index (χ2n) is 3.33. The van der Waals surface area contributed by atoms with Gasteiger partial charge in [0.1, 0.15) is 5.69 Å². The van der Waals surface area contributed by atoms with E-state index in [9.17, 15) is 0 Å². The molecular weight excluding hydrogens is 176 g/mol. The van der Waals surface area contributed by atoms with E-state index in [1.807, 2.05) is 0 Å². The highest BCUT2D eigenvalue weighted by Gasteiger charge is 2.12. The zero-order valence-corrected chi connectivity index (χ0v) is 8.62. The minimum absolute atomic E-state index is 0.317. The van der Waals surface area contributed by atoms with E-state index < -0.39 is 0 Å². The molecule has 0 aliphatic rings. The first-order valence-corrected chi connectivity index (χ1v) is 4.61. The first-order chi connectivity index (χ1) is 6.66. The summed E-state index contributed by atoms with van der Waals surface area (Å²) in [6.07, 6.45) is 3.34. The lowest BCUT2D eigenvalue weighted by Gasteiger charge is -2.08. The Labute approximate surface area is 84.0 Å². The van der Waals surface area contributed by atoms with Crippen molar-refractivity contribution in [3.05, 3.63) is 24.7 Å². The van der Waals surface area contributed by atoms with Crippen LogP contribution in [0.4, 0.5) is 5.82 Å². The molecule has 4 nitrogen and oxygen atoms in total. The van der Waals surface area contributed by atoms with Crippen molar-refractivity contribution in [3.8, 4) is 0 Å². The third-order valence-electron chi connectivity index (χ3n) is 1.86. The van der Waals surface area contributed by atoms with Gasteiger partial charge in [0.05, 0.1) is 18.6 Å². The van der Waals surface area contributed by atoms with Gasteiger partial charge in [-0.3, -0.25) is 4.99 Å². The van der Waals surface area contributed by atoms with Gasteiger partial charge in [0, 0.05) is 0 Å². The van der Waals surface area contributed by atoms with E-state index in [2.05, 4.69) is 35.4 Å². The molecule has 0 aliphatic heterocycles. The topological polar surface area (TPSA) is 67.1 Å². The summed E-state index contributed by atoms with van der Waals surface area (Å²) in [5, 5.41) is 0. The number of nitrogens with two attached hydrogens (primary N) is 1. The molecule has 0 aromatic carbocycles. The van der Waals surface area contributed by atoms with Crippen molar-refractivity contribution in [2.24, 2.45) is 10.9 Å². The zero-order valence-electron chi connectivity index (χ0n) is 8.62. The predicted octanol–water partition coefficient (Wildman–Crippen LogP) is 1.62. The van der Waals surface area contributed by atoms with Crippen molar-refractivity contribution in [2.75, 3.05) is 12.3 Å². The van der Waals surface area contributed by atoms with Gasteiger partial charge in [0.2, 0.25) is 0 Å². The van der Waals surface area contributed by atoms with Gasteiger partial charge >= 0.3 is 0 Å². The van der Waals surface area contributed by atoms with Crippen LogP contribution in [0.1, 0.15) is 19.5 Å². The fraction of sp³-hybridized carbons (Fsp3) is 0.400. The van der Waals surface area contributed by atoms with E-state index >= 15 is 0 Å². The van der Waals surface area contributed by atoms with Crippen LogP contribution in [0.25, 0.3) is 0 Å². The van der Waals surface area contributed by atoms with Crippen LogP contribution < -0.4 is 5.73 Å². The number of rotatable bonds is 4. The number of nitrogens with one attached hydrogen (secondary N) is 1. The molecule has 14 heavy (non-hydrogen) atoms. The van der Waals surface area contributed by atoms with Gasteiger partial charge in [-0.25, -0.2) is 4.98 Å². The number of imidazole rings is 1. The summed E-state index contributed by atoms with van der Waals surface area (Å²) in [6, 6.07) is 0. The molecule has 0 unspecified atom stereocenters. The number of aromatic amines is 1. The first kappa shape index (κ1) is 10.5. The Morgan fingerprint density at radius 1 is 1.79 bits per heavy atom. The van der Waals surface area contributed by atoms with Crippen molar-refractivity contribution in [1.82, 2.24) is 9.97 Å². The lowest BCUT2D eigenvalue weighted by atomic mass is 10.1. The van der Waals surface area contributed by atoms with Gasteiger partial charge in [-0.15, -0.1) is 6.58 Å². The van der Waals surface area contributed by atoms with Crippen LogP contribution in [0, 0.1) is 5.92 Å². The molecule has 0 bridgehead atoms. The molecule has 0 aliphatic carbocycles.